The molecule has 2 N–H and O–H groups in total. The van der Waals surface area contributed by atoms with E-state index in [9.17, 15) is 0 Å². The number of rotatable bonds is 5. The number of hydrogen-bond donors (Lipinski definition) is 2. The molecule has 120 valence electrons. The molecular weight excluding hydrogens is 397 g/mol. The van der Waals surface area contributed by atoms with Gasteiger partial charge in [0.15, 0.2) is 5.96 Å². The van der Waals surface area contributed by atoms with Gasteiger partial charge < -0.3 is 15.2 Å². The van der Waals surface area contributed by atoms with Crippen LogP contribution in [0, 0.1) is 0 Å². The van der Waals surface area contributed by atoms with Crippen LogP contribution in [-0.2, 0) is 6.54 Å². The van der Waals surface area contributed by atoms with Gasteiger partial charge in [0, 0.05) is 63.7 Å². The number of guanidine groups is 1. The van der Waals surface area contributed by atoms with Crippen molar-refractivity contribution in [2.75, 3.05) is 51.8 Å². The van der Waals surface area contributed by atoms with E-state index in [0.717, 1.165) is 25.6 Å². The molecule has 7 heteroatoms. The molecule has 5 nitrogen and oxygen atoms in total. The van der Waals surface area contributed by atoms with Crippen molar-refractivity contribution < 1.29 is 0 Å². The lowest BCUT2D eigenvalue weighted by Gasteiger charge is -2.27. The molecule has 0 spiro atoms. The second-order valence-electron chi connectivity index (χ2n) is 4.98. The number of halogens is 1. The zero-order chi connectivity index (χ0) is 14.2. The lowest BCUT2D eigenvalue weighted by atomic mass is 10.4. The van der Waals surface area contributed by atoms with Gasteiger partial charge in [0.1, 0.15) is 0 Å². The van der Waals surface area contributed by atoms with Gasteiger partial charge in [0.05, 0.1) is 6.54 Å². The van der Waals surface area contributed by atoms with E-state index in [1.165, 1.54) is 30.3 Å². The van der Waals surface area contributed by atoms with Crippen LogP contribution in [0.3, 0.4) is 0 Å². The Bertz CT molecular complexity index is 404. The van der Waals surface area contributed by atoms with E-state index in [1.54, 1.807) is 0 Å². The second kappa shape index (κ2) is 10.3. The van der Waals surface area contributed by atoms with Crippen LogP contribution < -0.4 is 5.32 Å². The topological polar surface area (TPSA) is 46.7 Å². The first-order valence-electron chi connectivity index (χ1n) is 7.14. The summed E-state index contributed by atoms with van der Waals surface area (Å²) in [6.45, 7) is 5.31. The van der Waals surface area contributed by atoms with Crippen LogP contribution in [0.4, 0.5) is 0 Å². The number of hydrogen-bond acceptors (Lipinski definition) is 3. The predicted molar refractivity (Wildman–Crippen MR) is 103 cm³/mol. The highest BCUT2D eigenvalue weighted by Gasteiger charge is 2.11. The van der Waals surface area contributed by atoms with Crippen molar-refractivity contribution in [3.05, 3.63) is 24.0 Å². The first-order chi connectivity index (χ1) is 9.79. The largest absolute Gasteiger partial charge is 0.364 e. The number of aromatic amines is 1. The number of aromatic nitrogens is 1. The summed E-state index contributed by atoms with van der Waals surface area (Å²) in [5.74, 6) is 3.48. The highest BCUT2D eigenvalue weighted by atomic mass is 127. The maximum absolute atomic E-state index is 4.35. The Labute approximate surface area is 149 Å². The van der Waals surface area contributed by atoms with Gasteiger partial charge in [-0.2, -0.15) is 11.8 Å². The molecule has 0 bridgehead atoms. The smallest absolute Gasteiger partial charge is 0.193 e. The third kappa shape index (κ3) is 6.48. The molecule has 0 unspecified atom stereocenters. The molecule has 0 aromatic carbocycles. The minimum absolute atomic E-state index is 0. The van der Waals surface area contributed by atoms with Crippen molar-refractivity contribution in [2.24, 2.45) is 4.99 Å². The lowest BCUT2D eigenvalue weighted by Crippen LogP contribution is -2.43. The third-order valence-corrected chi connectivity index (χ3v) is 4.40. The fraction of sp³-hybridized carbons (Fsp3) is 0.643. The highest BCUT2D eigenvalue weighted by molar-refractivity contribution is 14.0. The second-order valence-corrected chi connectivity index (χ2v) is 6.20. The predicted octanol–water partition coefficient (Wildman–Crippen LogP) is 1.69. The Balaban J connectivity index is 0.00000220. The molecule has 1 aliphatic rings. The van der Waals surface area contributed by atoms with Crippen molar-refractivity contribution in [3.8, 4) is 0 Å². The van der Waals surface area contributed by atoms with Gasteiger partial charge in [-0.05, 0) is 12.1 Å². The highest BCUT2D eigenvalue weighted by Crippen LogP contribution is 2.08. The van der Waals surface area contributed by atoms with E-state index in [-0.39, 0.29) is 24.0 Å². The first-order valence-corrected chi connectivity index (χ1v) is 8.29. The van der Waals surface area contributed by atoms with E-state index in [0.29, 0.717) is 0 Å². The Hall–Kier alpha value is -0.410. The van der Waals surface area contributed by atoms with E-state index < -0.39 is 0 Å². The molecule has 0 saturated carbocycles. The van der Waals surface area contributed by atoms with Gasteiger partial charge in [-0.25, -0.2) is 0 Å². The van der Waals surface area contributed by atoms with Gasteiger partial charge in [-0.15, -0.1) is 24.0 Å². The zero-order valence-electron chi connectivity index (χ0n) is 12.8. The number of thioether (sulfide) groups is 1. The Morgan fingerprint density at radius 1 is 1.48 bits per heavy atom. The average molecular weight is 423 g/mol. The van der Waals surface area contributed by atoms with Crippen LogP contribution in [0.5, 0.6) is 0 Å². The van der Waals surface area contributed by atoms with Crippen LogP contribution in [0.1, 0.15) is 5.69 Å². The van der Waals surface area contributed by atoms with E-state index in [1.807, 2.05) is 19.3 Å². The van der Waals surface area contributed by atoms with Crippen LogP contribution in [-0.4, -0.2) is 72.5 Å². The van der Waals surface area contributed by atoms with Crippen molar-refractivity contribution in [1.29, 1.82) is 0 Å². The molecule has 1 saturated heterocycles. The van der Waals surface area contributed by atoms with Gasteiger partial charge in [-0.3, -0.25) is 9.89 Å². The van der Waals surface area contributed by atoms with Crippen molar-refractivity contribution >= 4 is 41.7 Å². The normalized spacial score (nSPS) is 16.4. The maximum Gasteiger partial charge on any atom is 0.193 e. The third-order valence-electron chi connectivity index (χ3n) is 3.46. The van der Waals surface area contributed by atoms with Gasteiger partial charge >= 0.3 is 0 Å². The molecule has 1 aliphatic heterocycles. The summed E-state index contributed by atoms with van der Waals surface area (Å²) in [4.78, 5) is 12.2. The number of H-pyrrole nitrogens is 1. The molecule has 21 heavy (non-hydrogen) atoms. The molecule has 0 atom stereocenters. The fourth-order valence-electron chi connectivity index (χ4n) is 2.33. The van der Waals surface area contributed by atoms with Crippen molar-refractivity contribution in [2.45, 2.75) is 6.54 Å². The summed E-state index contributed by atoms with van der Waals surface area (Å²) in [6, 6.07) is 4.11. The minimum Gasteiger partial charge on any atom is -0.364 e. The summed E-state index contributed by atoms with van der Waals surface area (Å²) in [5.41, 5.74) is 1.20. The van der Waals surface area contributed by atoms with Crippen LogP contribution in [0.2, 0.25) is 0 Å². The van der Waals surface area contributed by atoms with Crippen molar-refractivity contribution in [3.63, 3.8) is 0 Å². The quantitative estimate of drug-likeness (QED) is 0.430. The van der Waals surface area contributed by atoms with Crippen molar-refractivity contribution in [1.82, 2.24) is 20.1 Å². The van der Waals surface area contributed by atoms with Crippen LogP contribution in [0.25, 0.3) is 0 Å². The van der Waals surface area contributed by atoms with E-state index >= 15 is 0 Å². The number of aliphatic imine (C=N–C) groups is 1. The molecule has 2 rings (SSSR count). The molecule has 2 heterocycles. The van der Waals surface area contributed by atoms with Gasteiger partial charge in [0.25, 0.3) is 0 Å². The van der Waals surface area contributed by atoms with E-state index in [2.05, 4.69) is 50.0 Å². The number of nitrogens with zero attached hydrogens (tertiary/aromatic N) is 3. The zero-order valence-corrected chi connectivity index (χ0v) is 16.0. The molecule has 0 aliphatic carbocycles. The Morgan fingerprint density at radius 3 is 2.86 bits per heavy atom. The molecule has 0 amide bonds. The lowest BCUT2D eigenvalue weighted by molar-refractivity contribution is 0.305. The monoisotopic (exact) mass is 423 g/mol. The Morgan fingerprint density at radius 2 is 2.24 bits per heavy atom. The van der Waals surface area contributed by atoms with Gasteiger partial charge in [0.2, 0.25) is 0 Å². The summed E-state index contributed by atoms with van der Waals surface area (Å²) in [7, 11) is 3.90. The number of nitrogens with one attached hydrogen (secondary N) is 2. The summed E-state index contributed by atoms with van der Waals surface area (Å²) < 4.78 is 0. The maximum atomic E-state index is 4.35. The standard InChI is InChI=1S/C14H25N5S.HI/c1-15-14(18(2)12-13-4-3-5-16-13)17-6-7-19-8-10-20-11-9-19;/h3-5,16H,6-12H2,1-2H3,(H,15,17);1H. The SMILES string of the molecule is CN=C(NCCN1CCSCC1)N(C)Cc1ccc[nH]1.I. The summed E-state index contributed by atoms with van der Waals surface area (Å²) in [5, 5.41) is 3.44. The van der Waals surface area contributed by atoms with Gasteiger partial charge in [-0.1, -0.05) is 0 Å². The summed E-state index contributed by atoms with van der Waals surface area (Å²) in [6.07, 6.45) is 1.95. The summed E-state index contributed by atoms with van der Waals surface area (Å²) >= 11 is 2.05. The molecular formula is C14H26IN5S. The molecule has 1 aromatic rings. The molecule has 0 radical (unpaired) electrons. The molecule has 1 fully saturated rings. The minimum atomic E-state index is 0. The van der Waals surface area contributed by atoms with Crippen LogP contribution in [0.15, 0.2) is 23.3 Å². The first kappa shape index (κ1) is 18.6. The van der Waals surface area contributed by atoms with E-state index in [4.69, 9.17) is 0 Å². The van der Waals surface area contributed by atoms with Crippen LogP contribution >= 0.6 is 35.7 Å². The Kier molecular flexibility index (Phi) is 9.18. The molecule has 1 aromatic heterocycles. The average Bonchev–Trinajstić information content (AvgIpc) is 2.97. The fourth-order valence-corrected chi connectivity index (χ4v) is 3.31.